The van der Waals surface area contributed by atoms with Gasteiger partial charge in [0.15, 0.2) is 0 Å². The van der Waals surface area contributed by atoms with Crippen LogP contribution in [0.5, 0.6) is 5.75 Å². The van der Waals surface area contributed by atoms with Crippen LogP contribution >= 0.6 is 0 Å². The van der Waals surface area contributed by atoms with E-state index >= 15 is 0 Å². The normalized spacial score (nSPS) is 10.9. The zero-order valence-electron chi connectivity index (χ0n) is 14.9. The number of carbonyl (C=O) groups excluding carboxylic acids is 1. The van der Waals surface area contributed by atoms with Gasteiger partial charge in [-0.1, -0.05) is 30.3 Å². The van der Waals surface area contributed by atoms with Gasteiger partial charge in [0.2, 0.25) is 5.95 Å². The highest BCUT2D eigenvalue weighted by Gasteiger charge is 2.09. The molecule has 1 N–H and O–H groups in total. The van der Waals surface area contributed by atoms with Crippen LogP contribution in [0.1, 0.15) is 5.56 Å². The maximum atomic E-state index is 12.7. The number of carboxylic acids is 1. The Balaban J connectivity index is 1.89. The molecule has 8 heteroatoms. The highest BCUT2D eigenvalue weighted by Crippen LogP contribution is 2.16. The predicted octanol–water partition coefficient (Wildman–Crippen LogP) is 1.16. The number of para-hydroxylation sites is 2. The first-order valence-electron chi connectivity index (χ1n) is 8.41. The third kappa shape index (κ3) is 4.24. The monoisotopic (exact) mass is 377 g/mol. The molecule has 1 aromatic heterocycles. The van der Waals surface area contributed by atoms with Crippen LogP contribution in [0.25, 0.3) is 10.9 Å². The summed E-state index contributed by atoms with van der Waals surface area (Å²) in [7, 11) is 0. The van der Waals surface area contributed by atoms with Gasteiger partial charge in [-0.05, 0) is 24.3 Å². The van der Waals surface area contributed by atoms with Gasteiger partial charge in [-0.15, -0.1) is 6.58 Å². The summed E-state index contributed by atoms with van der Waals surface area (Å²) in [5, 5.41) is 15.2. The van der Waals surface area contributed by atoms with Crippen molar-refractivity contribution >= 4 is 29.0 Å². The van der Waals surface area contributed by atoms with Gasteiger partial charge >= 0.3 is 0 Å². The van der Waals surface area contributed by atoms with Crippen LogP contribution in [0.4, 0.5) is 5.95 Å². The number of nitrogens with one attached hydrogen (secondary N) is 1. The summed E-state index contributed by atoms with van der Waals surface area (Å²) >= 11 is 0. The van der Waals surface area contributed by atoms with Crippen molar-refractivity contribution < 1.29 is 14.6 Å². The van der Waals surface area contributed by atoms with Gasteiger partial charge in [-0.25, -0.2) is 10.4 Å². The molecule has 28 heavy (non-hydrogen) atoms. The number of carboxylic acid groups (broad SMARTS) is 1. The molecule has 142 valence electrons. The molecule has 0 spiro atoms. The van der Waals surface area contributed by atoms with Crippen molar-refractivity contribution in [3.63, 3.8) is 0 Å². The molecular weight excluding hydrogens is 360 g/mol. The lowest BCUT2D eigenvalue weighted by Crippen LogP contribution is -2.29. The SMILES string of the molecule is C=CCn1c(N/N=C\c2ccccc2OCC(=O)[O-])nc2ccccc2c1=O. The number of nitrogens with zero attached hydrogens (tertiary/aromatic N) is 3. The van der Waals surface area contributed by atoms with Crippen molar-refractivity contribution in [2.45, 2.75) is 6.54 Å². The predicted molar refractivity (Wildman–Crippen MR) is 104 cm³/mol. The van der Waals surface area contributed by atoms with Gasteiger partial charge in [0.05, 0.1) is 23.1 Å². The first-order valence-corrected chi connectivity index (χ1v) is 8.41. The van der Waals surface area contributed by atoms with Gasteiger partial charge in [-0.2, -0.15) is 5.10 Å². The second-order valence-electron chi connectivity index (χ2n) is 5.73. The maximum Gasteiger partial charge on any atom is 0.263 e. The van der Waals surface area contributed by atoms with E-state index in [1.54, 1.807) is 54.6 Å². The lowest BCUT2D eigenvalue weighted by molar-refractivity contribution is -0.307. The van der Waals surface area contributed by atoms with E-state index in [1.165, 1.54) is 10.8 Å². The molecule has 0 aliphatic heterocycles. The topological polar surface area (TPSA) is 109 Å². The minimum Gasteiger partial charge on any atom is -0.546 e. The average molecular weight is 377 g/mol. The van der Waals surface area contributed by atoms with Crippen molar-refractivity contribution in [3.05, 3.63) is 77.1 Å². The van der Waals surface area contributed by atoms with Crippen molar-refractivity contribution in [2.24, 2.45) is 5.10 Å². The quantitative estimate of drug-likeness (QED) is 0.358. The average Bonchev–Trinajstić information content (AvgIpc) is 2.70. The third-order valence-corrected chi connectivity index (χ3v) is 3.81. The largest absolute Gasteiger partial charge is 0.546 e. The summed E-state index contributed by atoms with van der Waals surface area (Å²) < 4.78 is 6.60. The fourth-order valence-electron chi connectivity index (χ4n) is 2.57. The van der Waals surface area contributed by atoms with Crippen LogP contribution in [-0.4, -0.2) is 28.3 Å². The van der Waals surface area contributed by atoms with Gasteiger partial charge in [0.25, 0.3) is 5.56 Å². The molecule has 0 saturated heterocycles. The molecule has 2 aromatic carbocycles. The Morgan fingerprint density at radius 1 is 1.25 bits per heavy atom. The molecule has 3 rings (SSSR count). The van der Waals surface area contributed by atoms with Gasteiger partial charge in [0.1, 0.15) is 12.4 Å². The van der Waals surface area contributed by atoms with Gasteiger partial charge in [0, 0.05) is 12.1 Å². The molecule has 0 fully saturated rings. The lowest BCUT2D eigenvalue weighted by Gasteiger charge is -2.11. The van der Waals surface area contributed by atoms with E-state index in [2.05, 4.69) is 22.1 Å². The molecule has 0 aliphatic rings. The number of hydrogen-bond donors (Lipinski definition) is 1. The number of hydrazone groups is 1. The lowest BCUT2D eigenvalue weighted by atomic mass is 10.2. The highest BCUT2D eigenvalue weighted by molar-refractivity contribution is 5.84. The molecule has 0 saturated carbocycles. The second kappa shape index (κ2) is 8.63. The Kier molecular flexibility index (Phi) is 5.81. The Bertz CT molecular complexity index is 1100. The van der Waals surface area contributed by atoms with E-state index in [0.29, 0.717) is 22.2 Å². The third-order valence-electron chi connectivity index (χ3n) is 3.81. The minimum atomic E-state index is -1.32. The highest BCUT2D eigenvalue weighted by atomic mass is 16.5. The van der Waals surface area contributed by atoms with Gasteiger partial charge < -0.3 is 14.6 Å². The molecule has 0 bridgehead atoms. The van der Waals surface area contributed by atoms with Crippen molar-refractivity contribution in [2.75, 3.05) is 12.0 Å². The zero-order chi connectivity index (χ0) is 19.9. The molecule has 0 atom stereocenters. The number of aromatic nitrogens is 2. The van der Waals surface area contributed by atoms with Crippen LogP contribution in [0, 0.1) is 0 Å². The number of fused-ring (bicyclic) bond motifs is 1. The molecule has 0 amide bonds. The van der Waals surface area contributed by atoms with Crippen LogP contribution in [0.15, 0.2) is 71.1 Å². The number of anilines is 1. The van der Waals surface area contributed by atoms with E-state index in [1.807, 2.05) is 0 Å². The summed E-state index contributed by atoms with van der Waals surface area (Å²) in [6.45, 7) is 3.37. The van der Waals surface area contributed by atoms with Crippen LogP contribution in [0.3, 0.4) is 0 Å². The summed E-state index contributed by atoms with van der Waals surface area (Å²) in [6, 6.07) is 13.8. The fourth-order valence-corrected chi connectivity index (χ4v) is 2.57. The Morgan fingerprint density at radius 3 is 2.79 bits per heavy atom. The molecule has 0 aliphatic carbocycles. The second-order valence-corrected chi connectivity index (χ2v) is 5.73. The number of ether oxygens (including phenoxy) is 1. The first kappa shape index (κ1) is 18.8. The molecular formula is C20H17N4O4-. The molecule has 3 aromatic rings. The van der Waals surface area contributed by atoms with Crippen molar-refractivity contribution in [1.82, 2.24) is 9.55 Å². The zero-order valence-corrected chi connectivity index (χ0v) is 14.9. The number of hydrogen-bond acceptors (Lipinski definition) is 7. The molecule has 0 radical (unpaired) electrons. The fraction of sp³-hybridized carbons (Fsp3) is 0.100. The van der Waals surface area contributed by atoms with Gasteiger partial charge in [-0.3, -0.25) is 9.36 Å². The molecule has 1 heterocycles. The van der Waals surface area contributed by atoms with Crippen molar-refractivity contribution in [1.29, 1.82) is 0 Å². The number of carbonyl (C=O) groups is 1. The maximum absolute atomic E-state index is 12.7. The Hall–Kier alpha value is -3.94. The summed E-state index contributed by atoms with van der Waals surface area (Å²) in [4.78, 5) is 27.7. The van der Waals surface area contributed by atoms with E-state index in [-0.39, 0.29) is 18.1 Å². The number of rotatable bonds is 8. The van der Waals surface area contributed by atoms with Crippen LogP contribution < -0.4 is 20.8 Å². The number of benzene rings is 2. The van der Waals surface area contributed by atoms with Crippen LogP contribution in [-0.2, 0) is 11.3 Å². The number of allylic oxidation sites excluding steroid dienone is 1. The van der Waals surface area contributed by atoms with E-state index < -0.39 is 12.6 Å². The summed E-state index contributed by atoms with van der Waals surface area (Å²) in [5.41, 5.74) is 3.65. The minimum absolute atomic E-state index is 0.208. The van der Waals surface area contributed by atoms with E-state index in [0.717, 1.165) is 0 Å². The Labute approximate surface area is 160 Å². The first-order chi connectivity index (χ1) is 13.6. The van der Waals surface area contributed by atoms with E-state index in [4.69, 9.17) is 4.74 Å². The Morgan fingerprint density at radius 2 is 2.00 bits per heavy atom. The summed E-state index contributed by atoms with van der Waals surface area (Å²) in [6.07, 6.45) is 3.04. The summed E-state index contributed by atoms with van der Waals surface area (Å²) in [5.74, 6) is -0.723. The standard InChI is InChI=1S/C20H18N4O4/c1-2-11-24-19(27)15-8-4-5-9-16(15)22-20(24)23-21-12-14-7-3-6-10-17(14)28-13-18(25)26/h2-10,12H,1,11,13H2,(H,22,23)(H,25,26)/p-1/b21-12-. The van der Waals surface area contributed by atoms with Crippen molar-refractivity contribution in [3.8, 4) is 5.75 Å². The smallest absolute Gasteiger partial charge is 0.263 e. The van der Waals surface area contributed by atoms with E-state index in [9.17, 15) is 14.7 Å². The molecule has 8 nitrogen and oxygen atoms in total. The molecule has 0 unspecified atom stereocenters. The number of aliphatic carboxylic acids is 1. The van der Waals surface area contributed by atoms with Crippen LogP contribution in [0.2, 0.25) is 0 Å².